The molecule has 1 N–H and O–H groups in total. The van der Waals surface area contributed by atoms with Crippen LogP contribution in [0.1, 0.15) is 20.8 Å². The molecule has 0 unspecified atom stereocenters. The largest absolute Gasteiger partial charge is 0.497 e. The number of carbonyl (C=O) groups is 1. The second-order valence-corrected chi connectivity index (χ2v) is 6.39. The number of hydrogen-bond acceptors (Lipinski definition) is 4. The Hall–Kier alpha value is -1.27. The second-order valence-electron chi connectivity index (χ2n) is 4.42. The average Bonchev–Trinajstić information content (AvgIpc) is 2.49. The van der Waals surface area contributed by atoms with E-state index in [-0.39, 0.29) is 11.2 Å². The van der Waals surface area contributed by atoms with Crippen LogP contribution in [0.3, 0.4) is 0 Å². The molecule has 1 amide bonds. The van der Waals surface area contributed by atoms with Crippen LogP contribution in [-0.4, -0.2) is 40.6 Å². The summed E-state index contributed by atoms with van der Waals surface area (Å²) >= 11 is 6.77. The minimum absolute atomic E-state index is 0.0559. The molecular weight excluding hydrogens is 304 g/mol. The molecule has 0 radical (unpaired) electrons. The van der Waals surface area contributed by atoms with Crippen molar-refractivity contribution in [1.29, 1.82) is 0 Å². The summed E-state index contributed by atoms with van der Waals surface area (Å²) < 4.78 is 5.85. The summed E-state index contributed by atoms with van der Waals surface area (Å²) in [6, 6.07) is 7.26. The van der Waals surface area contributed by atoms with Gasteiger partial charge < -0.3 is 15.0 Å². The Morgan fingerprint density at radius 3 is 2.38 bits per heavy atom. The number of nitrogens with one attached hydrogen (secondary N) is 1. The SMILES string of the molecule is CCN(CC)C(=S)S[C@H](C)C(=O)Nc1ccc(OC)cc1. The van der Waals surface area contributed by atoms with Gasteiger partial charge >= 0.3 is 0 Å². The van der Waals surface area contributed by atoms with Crippen LogP contribution < -0.4 is 10.1 Å². The van der Waals surface area contributed by atoms with Gasteiger partial charge in [0, 0.05) is 18.8 Å². The molecule has 0 aromatic heterocycles. The van der Waals surface area contributed by atoms with Crippen molar-refractivity contribution in [3.8, 4) is 5.75 Å². The fourth-order valence-corrected chi connectivity index (χ4v) is 3.25. The fraction of sp³-hybridized carbons (Fsp3) is 0.467. The van der Waals surface area contributed by atoms with E-state index in [1.807, 2.05) is 31.2 Å². The summed E-state index contributed by atoms with van der Waals surface area (Å²) in [5, 5.41) is 2.64. The zero-order valence-electron chi connectivity index (χ0n) is 12.9. The molecule has 0 fully saturated rings. The molecule has 1 aromatic carbocycles. The topological polar surface area (TPSA) is 41.6 Å². The summed E-state index contributed by atoms with van der Waals surface area (Å²) in [5.74, 6) is 0.706. The first-order valence-corrected chi connectivity index (χ1v) is 8.21. The summed E-state index contributed by atoms with van der Waals surface area (Å²) in [6.07, 6.45) is 0. The molecule has 1 aromatic rings. The molecular formula is C15H22N2O2S2. The highest BCUT2D eigenvalue weighted by Gasteiger charge is 2.18. The fourth-order valence-electron chi connectivity index (χ4n) is 1.68. The van der Waals surface area contributed by atoms with E-state index >= 15 is 0 Å². The third-order valence-electron chi connectivity index (χ3n) is 3.03. The lowest BCUT2D eigenvalue weighted by molar-refractivity contribution is -0.115. The molecule has 0 spiro atoms. The highest BCUT2D eigenvalue weighted by Crippen LogP contribution is 2.19. The van der Waals surface area contributed by atoms with Crippen molar-refractivity contribution >= 4 is 39.9 Å². The van der Waals surface area contributed by atoms with Gasteiger partial charge in [-0.2, -0.15) is 0 Å². The van der Waals surface area contributed by atoms with Gasteiger partial charge in [0.15, 0.2) is 0 Å². The third-order valence-corrected chi connectivity index (χ3v) is 4.60. The summed E-state index contributed by atoms with van der Waals surface area (Å²) in [4.78, 5) is 14.2. The van der Waals surface area contributed by atoms with E-state index in [4.69, 9.17) is 17.0 Å². The van der Waals surface area contributed by atoms with Crippen LogP contribution in [0.2, 0.25) is 0 Å². The molecule has 0 saturated heterocycles. The minimum Gasteiger partial charge on any atom is -0.497 e. The lowest BCUT2D eigenvalue weighted by Gasteiger charge is -2.22. The number of hydrogen-bond donors (Lipinski definition) is 1. The van der Waals surface area contributed by atoms with E-state index in [0.717, 1.165) is 28.8 Å². The first-order chi connectivity index (χ1) is 10.0. The van der Waals surface area contributed by atoms with Crippen molar-refractivity contribution in [2.45, 2.75) is 26.0 Å². The van der Waals surface area contributed by atoms with Gasteiger partial charge in [-0.25, -0.2) is 0 Å². The van der Waals surface area contributed by atoms with Crippen LogP contribution in [0.4, 0.5) is 5.69 Å². The smallest absolute Gasteiger partial charge is 0.237 e. The van der Waals surface area contributed by atoms with E-state index in [0.29, 0.717) is 0 Å². The molecule has 0 aliphatic carbocycles. The molecule has 6 heteroatoms. The minimum atomic E-state index is -0.236. The van der Waals surface area contributed by atoms with E-state index in [1.54, 1.807) is 7.11 Å². The number of benzene rings is 1. The van der Waals surface area contributed by atoms with Crippen LogP contribution in [0.5, 0.6) is 5.75 Å². The number of carbonyl (C=O) groups excluding carboxylic acids is 1. The molecule has 21 heavy (non-hydrogen) atoms. The summed E-state index contributed by atoms with van der Waals surface area (Å²) in [7, 11) is 1.61. The van der Waals surface area contributed by atoms with Crippen molar-refractivity contribution in [2.75, 3.05) is 25.5 Å². The molecule has 0 aliphatic rings. The van der Waals surface area contributed by atoms with Crippen molar-refractivity contribution in [3.63, 3.8) is 0 Å². The lowest BCUT2D eigenvalue weighted by atomic mass is 10.3. The molecule has 116 valence electrons. The lowest BCUT2D eigenvalue weighted by Crippen LogP contribution is -2.31. The Morgan fingerprint density at radius 2 is 1.90 bits per heavy atom. The van der Waals surface area contributed by atoms with Gasteiger partial charge in [0.05, 0.1) is 12.4 Å². The van der Waals surface area contributed by atoms with E-state index in [2.05, 4.69) is 24.1 Å². The maximum absolute atomic E-state index is 12.2. The number of nitrogens with zero attached hydrogens (tertiary/aromatic N) is 1. The quantitative estimate of drug-likeness (QED) is 0.812. The third kappa shape index (κ3) is 5.55. The first-order valence-electron chi connectivity index (χ1n) is 6.92. The summed E-state index contributed by atoms with van der Waals surface area (Å²) in [6.45, 7) is 7.68. The normalized spacial score (nSPS) is 11.6. The van der Waals surface area contributed by atoms with Crippen molar-refractivity contribution in [1.82, 2.24) is 4.90 Å². The molecule has 0 aliphatic heterocycles. The highest BCUT2D eigenvalue weighted by molar-refractivity contribution is 8.23. The monoisotopic (exact) mass is 326 g/mol. The molecule has 0 saturated carbocycles. The zero-order valence-corrected chi connectivity index (χ0v) is 14.5. The summed E-state index contributed by atoms with van der Waals surface area (Å²) in [5.41, 5.74) is 0.752. The van der Waals surface area contributed by atoms with Gasteiger partial charge in [-0.3, -0.25) is 4.79 Å². The molecule has 1 rings (SSSR count). The Morgan fingerprint density at radius 1 is 1.33 bits per heavy atom. The van der Waals surface area contributed by atoms with Crippen molar-refractivity contribution in [3.05, 3.63) is 24.3 Å². The van der Waals surface area contributed by atoms with Gasteiger partial charge in [0.2, 0.25) is 5.91 Å². The van der Waals surface area contributed by atoms with Crippen molar-refractivity contribution in [2.24, 2.45) is 0 Å². The van der Waals surface area contributed by atoms with Crippen LogP contribution in [0.25, 0.3) is 0 Å². The van der Waals surface area contributed by atoms with Gasteiger partial charge in [0.1, 0.15) is 10.1 Å². The average molecular weight is 326 g/mol. The van der Waals surface area contributed by atoms with Gasteiger partial charge in [0.25, 0.3) is 0 Å². The molecule has 0 bridgehead atoms. The van der Waals surface area contributed by atoms with Crippen LogP contribution in [0, 0.1) is 0 Å². The molecule has 1 atom stereocenters. The number of methoxy groups -OCH3 is 1. The maximum atomic E-state index is 12.2. The van der Waals surface area contributed by atoms with Gasteiger partial charge in [-0.15, -0.1) is 0 Å². The predicted octanol–water partition coefficient (Wildman–Crippen LogP) is 3.38. The molecule has 4 nitrogen and oxygen atoms in total. The van der Waals surface area contributed by atoms with Crippen LogP contribution >= 0.6 is 24.0 Å². The second kappa shape index (κ2) is 8.89. The first kappa shape index (κ1) is 17.8. The Bertz CT molecular complexity index is 473. The highest BCUT2D eigenvalue weighted by atomic mass is 32.2. The zero-order chi connectivity index (χ0) is 15.8. The van der Waals surface area contributed by atoms with E-state index < -0.39 is 0 Å². The number of anilines is 1. The Labute approximate surface area is 136 Å². The number of rotatable bonds is 6. The van der Waals surface area contributed by atoms with Gasteiger partial charge in [-0.05, 0) is 45.0 Å². The Kier molecular flexibility index (Phi) is 7.53. The van der Waals surface area contributed by atoms with Gasteiger partial charge in [-0.1, -0.05) is 24.0 Å². The predicted molar refractivity (Wildman–Crippen MR) is 94.2 cm³/mol. The Balaban J connectivity index is 2.55. The van der Waals surface area contributed by atoms with E-state index in [9.17, 15) is 4.79 Å². The van der Waals surface area contributed by atoms with Crippen molar-refractivity contribution < 1.29 is 9.53 Å². The maximum Gasteiger partial charge on any atom is 0.237 e. The van der Waals surface area contributed by atoms with E-state index in [1.165, 1.54) is 11.8 Å². The van der Waals surface area contributed by atoms with Crippen LogP contribution in [-0.2, 0) is 4.79 Å². The number of amides is 1. The standard InChI is InChI=1S/C15H22N2O2S2/c1-5-17(6-2)15(20)21-11(3)14(18)16-12-7-9-13(19-4)10-8-12/h7-11H,5-6H2,1-4H3,(H,16,18)/t11-/m1/s1. The number of thioether (sulfide) groups is 1. The molecule has 0 heterocycles. The van der Waals surface area contributed by atoms with Crippen LogP contribution in [0.15, 0.2) is 24.3 Å². The number of thiocarbonyl (C=S) groups is 1. The number of ether oxygens (including phenoxy) is 1.